The van der Waals surface area contributed by atoms with E-state index in [9.17, 15) is 0 Å². The first-order valence-electron chi connectivity index (χ1n) is 1.84. The van der Waals surface area contributed by atoms with E-state index in [4.69, 9.17) is 13.6 Å². The van der Waals surface area contributed by atoms with Crippen LogP contribution in [0, 0.1) is 0 Å². The number of rotatable bonds is 3. The van der Waals surface area contributed by atoms with Gasteiger partial charge in [0, 0.05) is 22.4 Å². The first-order chi connectivity index (χ1) is 3.35. The van der Waals surface area contributed by atoms with Gasteiger partial charge in [0.05, 0.1) is 21.3 Å². The van der Waals surface area contributed by atoms with Crippen LogP contribution in [0.1, 0.15) is 0 Å². The Balaban J connectivity index is 0. The molecule has 0 aliphatic rings. The van der Waals surface area contributed by atoms with Crippen molar-refractivity contribution in [3.8, 4) is 0 Å². The molecule has 0 N–H and O–H groups in total. The smallest absolute Gasteiger partial charge is 0.183 e. The van der Waals surface area contributed by atoms with Crippen molar-refractivity contribution in [2.24, 2.45) is 0 Å². The molecule has 0 saturated heterocycles. The molecule has 1 radical (unpaired) electrons. The van der Waals surface area contributed by atoms with E-state index in [0.29, 0.717) is 0 Å². The quantitative estimate of drug-likeness (QED) is 0.570. The summed E-state index contributed by atoms with van der Waals surface area (Å²) < 4.78 is 14.1. The Bertz CT molecular complexity index is 36.0. The standard InChI is InChI=1S/C3H10O3P.Au/c1-4-7(5-2)6-3;/h7H,1-3H3;/q+1;. The SMILES string of the molecule is CO[PH+](OC)OC.[Au]. The van der Waals surface area contributed by atoms with Gasteiger partial charge in [-0.3, -0.25) is 0 Å². The first kappa shape index (κ1) is 11.8. The van der Waals surface area contributed by atoms with E-state index in [1.54, 1.807) is 21.3 Å². The maximum Gasteiger partial charge on any atom is 0.397 e. The zero-order valence-electron chi connectivity index (χ0n) is 5.03. The van der Waals surface area contributed by atoms with Gasteiger partial charge in [-0.25, -0.2) is 0 Å². The van der Waals surface area contributed by atoms with Gasteiger partial charge in [0.2, 0.25) is 0 Å². The predicted octanol–water partition coefficient (Wildman–Crippen LogP) is 0.882. The molecule has 5 heteroatoms. The topological polar surface area (TPSA) is 27.7 Å². The van der Waals surface area contributed by atoms with Crippen LogP contribution >= 0.6 is 8.60 Å². The van der Waals surface area contributed by atoms with E-state index >= 15 is 0 Å². The van der Waals surface area contributed by atoms with Gasteiger partial charge in [0.1, 0.15) is 0 Å². The average molecular weight is 322 g/mol. The molecule has 0 rings (SSSR count). The molecular formula is C3H10AuO3P+. The van der Waals surface area contributed by atoms with Gasteiger partial charge in [0.15, 0.2) is 0 Å². The van der Waals surface area contributed by atoms with Crippen molar-refractivity contribution in [2.75, 3.05) is 21.3 Å². The molecule has 0 bridgehead atoms. The number of hydrogen-bond donors (Lipinski definition) is 0. The first-order valence-corrected chi connectivity index (χ1v) is 3.06. The third-order valence-corrected chi connectivity index (χ3v) is 1.50. The molecule has 0 spiro atoms. The van der Waals surface area contributed by atoms with Crippen LogP contribution in [0.25, 0.3) is 0 Å². The van der Waals surface area contributed by atoms with Gasteiger partial charge in [-0.05, 0) is 0 Å². The monoisotopic (exact) mass is 322 g/mol. The van der Waals surface area contributed by atoms with Crippen molar-refractivity contribution in [1.29, 1.82) is 0 Å². The van der Waals surface area contributed by atoms with Crippen molar-refractivity contribution < 1.29 is 36.0 Å². The summed E-state index contributed by atoms with van der Waals surface area (Å²) in [6, 6.07) is 0. The third kappa shape index (κ3) is 5.19. The minimum atomic E-state index is -1.36. The Kier molecular flexibility index (Phi) is 11.9. The van der Waals surface area contributed by atoms with Gasteiger partial charge in [-0.2, -0.15) is 13.6 Å². The van der Waals surface area contributed by atoms with Gasteiger partial charge in [0.25, 0.3) is 0 Å². The van der Waals surface area contributed by atoms with E-state index < -0.39 is 8.60 Å². The Morgan fingerprint density at radius 3 is 1.12 bits per heavy atom. The summed E-state index contributed by atoms with van der Waals surface area (Å²) in [7, 11) is 3.31. The zero-order valence-corrected chi connectivity index (χ0v) is 8.19. The number of hydrogen-bond acceptors (Lipinski definition) is 3. The minimum Gasteiger partial charge on any atom is -0.183 e. The third-order valence-electron chi connectivity index (χ3n) is 0.500. The molecule has 0 aromatic heterocycles. The normalized spacial score (nSPS) is 9.00. The molecule has 0 saturated carbocycles. The van der Waals surface area contributed by atoms with Gasteiger partial charge in [-0.15, -0.1) is 0 Å². The molecule has 0 heterocycles. The molecule has 0 aliphatic carbocycles. The molecular weight excluding hydrogens is 312 g/mol. The molecule has 8 heavy (non-hydrogen) atoms. The Morgan fingerprint density at radius 2 is 1.12 bits per heavy atom. The molecule has 0 aromatic rings. The summed E-state index contributed by atoms with van der Waals surface area (Å²) >= 11 is 0. The van der Waals surface area contributed by atoms with Gasteiger partial charge < -0.3 is 0 Å². The fraction of sp³-hybridized carbons (Fsp3) is 1.00. The Hall–Kier alpha value is 1.05. The molecule has 55 valence electrons. The van der Waals surface area contributed by atoms with E-state index in [0.717, 1.165) is 0 Å². The van der Waals surface area contributed by atoms with Crippen LogP contribution in [0.4, 0.5) is 0 Å². The van der Waals surface area contributed by atoms with E-state index in [1.807, 2.05) is 0 Å². The second-order valence-electron chi connectivity index (χ2n) is 0.862. The molecule has 0 unspecified atom stereocenters. The van der Waals surface area contributed by atoms with Crippen molar-refractivity contribution in [2.45, 2.75) is 0 Å². The molecule has 0 fully saturated rings. The van der Waals surface area contributed by atoms with E-state index in [-0.39, 0.29) is 22.4 Å². The van der Waals surface area contributed by atoms with E-state index in [1.165, 1.54) is 0 Å². The molecule has 0 amide bonds. The summed E-state index contributed by atoms with van der Waals surface area (Å²) in [5, 5.41) is 0. The zero-order chi connectivity index (χ0) is 5.70. The minimum absolute atomic E-state index is 0. The Labute approximate surface area is 66.2 Å². The van der Waals surface area contributed by atoms with Crippen LogP contribution < -0.4 is 0 Å². The molecule has 0 atom stereocenters. The van der Waals surface area contributed by atoms with Crippen LogP contribution in [0.3, 0.4) is 0 Å². The summed E-state index contributed by atoms with van der Waals surface area (Å²) in [5.41, 5.74) is 0. The van der Waals surface area contributed by atoms with Crippen LogP contribution in [0.5, 0.6) is 0 Å². The van der Waals surface area contributed by atoms with Crippen LogP contribution in [-0.4, -0.2) is 21.3 Å². The van der Waals surface area contributed by atoms with Gasteiger partial charge in [-0.1, -0.05) is 0 Å². The second kappa shape index (κ2) is 8.05. The largest absolute Gasteiger partial charge is 0.397 e. The van der Waals surface area contributed by atoms with Crippen LogP contribution in [0.15, 0.2) is 0 Å². The molecule has 0 aliphatic heterocycles. The van der Waals surface area contributed by atoms with Crippen LogP contribution in [-0.2, 0) is 36.0 Å². The maximum atomic E-state index is 4.71. The summed E-state index contributed by atoms with van der Waals surface area (Å²) in [5.74, 6) is 0. The summed E-state index contributed by atoms with van der Waals surface area (Å²) in [6.45, 7) is 0. The van der Waals surface area contributed by atoms with E-state index in [2.05, 4.69) is 0 Å². The van der Waals surface area contributed by atoms with Crippen molar-refractivity contribution >= 4 is 8.60 Å². The Morgan fingerprint density at radius 1 is 0.875 bits per heavy atom. The summed E-state index contributed by atoms with van der Waals surface area (Å²) in [6.07, 6.45) is 0. The van der Waals surface area contributed by atoms with Gasteiger partial charge >= 0.3 is 8.60 Å². The summed E-state index contributed by atoms with van der Waals surface area (Å²) in [4.78, 5) is 0. The average Bonchev–Trinajstić information content (AvgIpc) is 1.72. The molecule has 0 aromatic carbocycles. The second-order valence-corrected chi connectivity index (χ2v) is 2.59. The van der Waals surface area contributed by atoms with Crippen molar-refractivity contribution in [3.05, 3.63) is 0 Å². The maximum absolute atomic E-state index is 4.71. The van der Waals surface area contributed by atoms with Crippen LogP contribution in [0.2, 0.25) is 0 Å². The predicted molar refractivity (Wildman–Crippen MR) is 29.3 cm³/mol. The fourth-order valence-corrected chi connectivity index (χ4v) is 0.750. The fourth-order valence-electron chi connectivity index (χ4n) is 0.250. The molecule has 3 nitrogen and oxygen atoms in total. The van der Waals surface area contributed by atoms with Crippen molar-refractivity contribution in [1.82, 2.24) is 0 Å². The van der Waals surface area contributed by atoms with Crippen molar-refractivity contribution in [3.63, 3.8) is 0 Å².